The Hall–Kier alpha value is -3.25. The zero-order valence-corrected chi connectivity index (χ0v) is 15.5. The molecule has 0 saturated carbocycles. The van der Waals surface area contributed by atoms with E-state index in [1.54, 1.807) is 36.4 Å². The highest BCUT2D eigenvalue weighted by Gasteiger charge is 2.09. The van der Waals surface area contributed by atoms with Crippen molar-refractivity contribution in [2.24, 2.45) is 0 Å². The minimum absolute atomic E-state index is 0.0252. The quantitative estimate of drug-likeness (QED) is 0.630. The van der Waals surface area contributed by atoms with E-state index in [0.29, 0.717) is 33.5 Å². The lowest BCUT2D eigenvalue weighted by Crippen LogP contribution is -2.13. The molecule has 0 spiro atoms. The van der Waals surface area contributed by atoms with E-state index in [4.69, 9.17) is 11.6 Å². The Balaban J connectivity index is 1.69. The number of hydrogen-bond donors (Lipinski definition) is 2. The number of carbonyl (C=O) groups is 2. The number of anilines is 3. The topological polar surface area (TPSA) is 84.0 Å². The predicted molar refractivity (Wildman–Crippen MR) is 106 cm³/mol. The molecule has 0 fully saturated rings. The molecule has 136 valence electrons. The Morgan fingerprint density at radius 2 is 1.70 bits per heavy atom. The zero-order chi connectivity index (χ0) is 19.4. The van der Waals surface area contributed by atoms with Crippen LogP contribution in [0.4, 0.5) is 17.3 Å². The Labute approximate surface area is 161 Å². The highest BCUT2D eigenvalue weighted by Crippen LogP contribution is 2.20. The van der Waals surface area contributed by atoms with Gasteiger partial charge in [0, 0.05) is 34.4 Å². The maximum atomic E-state index is 12.3. The number of Topliss-reactive ketones (excluding diaryl/α,β-unsaturated/α-hetero) is 1. The zero-order valence-electron chi connectivity index (χ0n) is 14.8. The number of benzene rings is 2. The SMILES string of the molecule is CC(=O)c1cccc(Nc2ncc(C(=O)Nc3ccc(C)c(Cl)c3)cn2)c1. The molecule has 0 radical (unpaired) electrons. The van der Waals surface area contributed by atoms with Crippen LogP contribution < -0.4 is 10.6 Å². The van der Waals surface area contributed by atoms with Crippen molar-refractivity contribution in [1.29, 1.82) is 0 Å². The molecule has 1 heterocycles. The van der Waals surface area contributed by atoms with Crippen LogP contribution in [-0.2, 0) is 0 Å². The molecule has 0 aliphatic heterocycles. The van der Waals surface area contributed by atoms with Crippen LogP contribution in [0.1, 0.15) is 33.2 Å². The molecule has 0 aliphatic carbocycles. The van der Waals surface area contributed by atoms with E-state index in [-0.39, 0.29) is 11.7 Å². The number of nitrogens with zero attached hydrogens (tertiary/aromatic N) is 2. The third-order valence-corrected chi connectivity index (χ3v) is 4.28. The first-order valence-electron chi connectivity index (χ1n) is 8.20. The van der Waals surface area contributed by atoms with E-state index >= 15 is 0 Å². The number of halogens is 1. The van der Waals surface area contributed by atoms with Gasteiger partial charge in [0.2, 0.25) is 5.95 Å². The van der Waals surface area contributed by atoms with E-state index in [0.717, 1.165) is 5.56 Å². The number of amides is 1. The highest BCUT2D eigenvalue weighted by molar-refractivity contribution is 6.31. The fourth-order valence-electron chi connectivity index (χ4n) is 2.33. The van der Waals surface area contributed by atoms with Crippen molar-refractivity contribution in [1.82, 2.24) is 9.97 Å². The summed E-state index contributed by atoms with van der Waals surface area (Å²) in [6.07, 6.45) is 2.85. The molecule has 1 aromatic heterocycles. The summed E-state index contributed by atoms with van der Waals surface area (Å²) in [5, 5.41) is 6.34. The van der Waals surface area contributed by atoms with Gasteiger partial charge in [-0.1, -0.05) is 29.8 Å². The summed E-state index contributed by atoms with van der Waals surface area (Å²) in [7, 11) is 0. The van der Waals surface area contributed by atoms with Gasteiger partial charge in [-0.2, -0.15) is 0 Å². The lowest BCUT2D eigenvalue weighted by Gasteiger charge is -2.08. The summed E-state index contributed by atoms with van der Waals surface area (Å²) in [4.78, 5) is 32.1. The minimum Gasteiger partial charge on any atom is -0.324 e. The number of ketones is 1. The van der Waals surface area contributed by atoms with Crippen molar-refractivity contribution in [3.05, 3.63) is 76.6 Å². The average molecular weight is 381 g/mol. The van der Waals surface area contributed by atoms with E-state index in [1.165, 1.54) is 19.3 Å². The fourth-order valence-corrected chi connectivity index (χ4v) is 2.51. The third kappa shape index (κ3) is 4.68. The van der Waals surface area contributed by atoms with Crippen LogP contribution in [0.3, 0.4) is 0 Å². The lowest BCUT2D eigenvalue weighted by molar-refractivity contribution is 0.101. The van der Waals surface area contributed by atoms with E-state index < -0.39 is 0 Å². The first-order valence-corrected chi connectivity index (χ1v) is 8.58. The summed E-state index contributed by atoms with van der Waals surface area (Å²) in [5.41, 5.74) is 3.12. The summed E-state index contributed by atoms with van der Waals surface area (Å²) >= 11 is 6.07. The molecule has 0 atom stereocenters. The second-order valence-corrected chi connectivity index (χ2v) is 6.38. The van der Waals surface area contributed by atoms with Crippen molar-refractivity contribution >= 4 is 40.6 Å². The van der Waals surface area contributed by atoms with Gasteiger partial charge in [-0.15, -0.1) is 0 Å². The maximum absolute atomic E-state index is 12.3. The van der Waals surface area contributed by atoms with Gasteiger partial charge in [-0.05, 0) is 43.7 Å². The van der Waals surface area contributed by atoms with E-state index in [9.17, 15) is 9.59 Å². The van der Waals surface area contributed by atoms with Gasteiger partial charge in [0.15, 0.2) is 5.78 Å². The molecular weight excluding hydrogens is 364 g/mol. The van der Waals surface area contributed by atoms with Crippen molar-refractivity contribution in [3.8, 4) is 0 Å². The Bertz CT molecular complexity index is 1000. The monoisotopic (exact) mass is 380 g/mol. The number of rotatable bonds is 5. The number of aryl methyl sites for hydroxylation is 1. The van der Waals surface area contributed by atoms with Crippen LogP contribution in [0.5, 0.6) is 0 Å². The Morgan fingerprint density at radius 1 is 0.963 bits per heavy atom. The van der Waals surface area contributed by atoms with E-state index in [2.05, 4.69) is 20.6 Å². The minimum atomic E-state index is -0.333. The molecular formula is C20H17ClN4O2. The third-order valence-electron chi connectivity index (χ3n) is 3.87. The molecule has 0 unspecified atom stereocenters. The first-order chi connectivity index (χ1) is 12.9. The van der Waals surface area contributed by atoms with Crippen LogP contribution in [0, 0.1) is 6.92 Å². The molecule has 2 aromatic carbocycles. The molecule has 3 aromatic rings. The second-order valence-electron chi connectivity index (χ2n) is 5.98. The van der Waals surface area contributed by atoms with Crippen LogP contribution in [0.15, 0.2) is 54.9 Å². The van der Waals surface area contributed by atoms with Gasteiger partial charge in [0.1, 0.15) is 0 Å². The first kappa shape index (κ1) is 18.5. The van der Waals surface area contributed by atoms with Crippen LogP contribution in [0.25, 0.3) is 0 Å². The summed E-state index contributed by atoms with van der Waals surface area (Å²) in [6.45, 7) is 3.39. The van der Waals surface area contributed by atoms with Gasteiger partial charge in [0.05, 0.1) is 5.56 Å². The number of hydrogen-bond acceptors (Lipinski definition) is 5. The highest BCUT2D eigenvalue weighted by atomic mass is 35.5. The van der Waals surface area contributed by atoms with Crippen molar-refractivity contribution < 1.29 is 9.59 Å². The van der Waals surface area contributed by atoms with Gasteiger partial charge in [-0.25, -0.2) is 9.97 Å². The molecule has 2 N–H and O–H groups in total. The molecule has 3 rings (SSSR count). The van der Waals surface area contributed by atoms with Crippen molar-refractivity contribution in [3.63, 3.8) is 0 Å². The molecule has 0 saturated heterocycles. The normalized spacial score (nSPS) is 10.3. The number of carbonyl (C=O) groups excluding carboxylic acids is 2. The van der Waals surface area contributed by atoms with Crippen molar-refractivity contribution in [2.45, 2.75) is 13.8 Å². The Morgan fingerprint density at radius 3 is 2.37 bits per heavy atom. The molecule has 7 heteroatoms. The molecule has 27 heavy (non-hydrogen) atoms. The largest absolute Gasteiger partial charge is 0.324 e. The fraction of sp³-hybridized carbons (Fsp3) is 0.100. The maximum Gasteiger partial charge on any atom is 0.258 e. The van der Waals surface area contributed by atoms with Crippen molar-refractivity contribution in [2.75, 3.05) is 10.6 Å². The van der Waals surface area contributed by atoms with Crippen LogP contribution in [0.2, 0.25) is 5.02 Å². The van der Waals surface area contributed by atoms with Gasteiger partial charge < -0.3 is 10.6 Å². The number of nitrogens with one attached hydrogen (secondary N) is 2. The molecule has 0 aliphatic rings. The molecule has 1 amide bonds. The summed E-state index contributed by atoms with van der Waals surface area (Å²) in [6, 6.07) is 12.3. The average Bonchev–Trinajstić information content (AvgIpc) is 2.65. The van der Waals surface area contributed by atoms with Gasteiger partial charge >= 0.3 is 0 Å². The molecule has 0 bridgehead atoms. The predicted octanol–water partition coefficient (Wildman–Crippen LogP) is 4.64. The molecule has 6 nitrogen and oxygen atoms in total. The lowest BCUT2D eigenvalue weighted by atomic mass is 10.1. The van der Waals surface area contributed by atoms with Crippen LogP contribution in [-0.4, -0.2) is 21.7 Å². The smallest absolute Gasteiger partial charge is 0.258 e. The summed E-state index contributed by atoms with van der Waals surface area (Å²) in [5.74, 6) is -0.0338. The summed E-state index contributed by atoms with van der Waals surface area (Å²) < 4.78 is 0. The van der Waals surface area contributed by atoms with Crippen LogP contribution >= 0.6 is 11.6 Å². The van der Waals surface area contributed by atoms with E-state index in [1.807, 2.05) is 13.0 Å². The standard InChI is InChI=1S/C20H17ClN4O2/c1-12-6-7-17(9-18(12)21)24-19(27)15-10-22-20(23-11-15)25-16-5-3-4-14(8-16)13(2)26/h3-11H,1-2H3,(H,24,27)(H,22,23,25). The number of aromatic nitrogens is 2. The van der Waals surface area contributed by atoms with Gasteiger partial charge in [0.25, 0.3) is 5.91 Å². The van der Waals surface area contributed by atoms with Gasteiger partial charge in [-0.3, -0.25) is 9.59 Å². The second kappa shape index (κ2) is 7.97. The Kier molecular flexibility index (Phi) is 5.47.